The highest BCUT2D eigenvalue weighted by atomic mass is 16.6. The molecule has 9 nitrogen and oxygen atoms in total. The maximum Gasteiger partial charge on any atom is 0.339 e. The second-order valence-electron chi connectivity index (χ2n) is 4.35. The van der Waals surface area contributed by atoms with Gasteiger partial charge < -0.3 is 15.7 Å². The summed E-state index contributed by atoms with van der Waals surface area (Å²) in [5.41, 5.74) is -0.770. The van der Waals surface area contributed by atoms with Crippen molar-refractivity contribution >= 4 is 23.4 Å². The number of carbonyl (C=O) groups is 2. The second-order valence-corrected chi connectivity index (χ2v) is 4.35. The molecule has 0 unspecified atom stereocenters. The van der Waals surface area contributed by atoms with Crippen LogP contribution in [0.3, 0.4) is 0 Å². The van der Waals surface area contributed by atoms with Crippen LogP contribution >= 0.6 is 0 Å². The summed E-state index contributed by atoms with van der Waals surface area (Å²) in [5, 5.41) is 24.8. The van der Waals surface area contributed by atoms with Gasteiger partial charge in [0.1, 0.15) is 17.6 Å². The van der Waals surface area contributed by atoms with E-state index in [0.717, 1.165) is 25.1 Å². The third-order valence-electron chi connectivity index (χ3n) is 2.67. The van der Waals surface area contributed by atoms with E-state index >= 15 is 0 Å². The number of hydrogen-bond acceptors (Lipinski definition) is 6. The Labute approximate surface area is 113 Å². The van der Waals surface area contributed by atoms with Crippen molar-refractivity contribution in [1.29, 1.82) is 0 Å². The van der Waals surface area contributed by atoms with Gasteiger partial charge in [0.2, 0.25) is 5.91 Å². The summed E-state index contributed by atoms with van der Waals surface area (Å²) in [5.74, 6) is -1.70. The molecule has 20 heavy (non-hydrogen) atoms. The third kappa shape index (κ3) is 3.40. The Morgan fingerprint density at radius 2 is 2.20 bits per heavy atom. The van der Waals surface area contributed by atoms with Crippen molar-refractivity contribution in [3.05, 3.63) is 27.9 Å². The summed E-state index contributed by atoms with van der Waals surface area (Å²) in [4.78, 5) is 36.0. The van der Waals surface area contributed by atoms with E-state index in [-0.39, 0.29) is 29.9 Å². The average Bonchev–Trinajstić information content (AvgIpc) is 3.19. The molecule has 1 fully saturated rings. The van der Waals surface area contributed by atoms with Gasteiger partial charge in [-0.25, -0.2) is 9.78 Å². The molecular formula is C11H12N4O5. The van der Waals surface area contributed by atoms with Crippen LogP contribution in [-0.2, 0) is 4.79 Å². The van der Waals surface area contributed by atoms with E-state index < -0.39 is 16.6 Å². The number of nitrogens with zero attached hydrogens (tertiary/aromatic N) is 2. The number of aromatic nitrogens is 1. The average molecular weight is 280 g/mol. The first-order chi connectivity index (χ1) is 9.47. The molecule has 1 aliphatic rings. The lowest BCUT2D eigenvalue weighted by Gasteiger charge is -2.08. The standard InChI is InChI=1S/C11H12N4O5/c16-9(14-6-1-2-6)5-13-10-8(11(17)18)3-7(4-12-10)15(19)20/h3-4,6H,1-2,5H2,(H,12,13)(H,14,16)(H,17,18). The van der Waals surface area contributed by atoms with Crippen LogP contribution < -0.4 is 10.6 Å². The van der Waals surface area contributed by atoms with Gasteiger partial charge in [0, 0.05) is 12.1 Å². The third-order valence-corrected chi connectivity index (χ3v) is 2.67. The minimum atomic E-state index is -1.36. The molecule has 106 valence electrons. The van der Waals surface area contributed by atoms with Gasteiger partial charge in [-0.05, 0) is 12.8 Å². The normalized spacial score (nSPS) is 13.6. The van der Waals surface area contributed by atoms with Gasteiger partial charge in [-0.15, -0.1) is 0 Å². The lowest BCUT2D eigenvalue weighted by Crippen LogP contribution is -2.31. The van der Waals surface area contributed by atoms with Crippen molar-refractivity contribution in [3.8, 4) is 0 Å². The number of carboxylic acid groups (broad SMARTS) is 1. The zero-order chi connectivity index (χ0) is 14.7. The Bertz CT molecular complexity index is 570. The molecule has 0 bridgehead atoms. The largest absolute Gasteiger partial charge is 0.478 e. The van der Waals surface area contributed by atoms with Crippen molar-refractivity contribution in [2.75, 3.05) is 11.9 Å². The predicted molar refractivity (Wildman–Crippen MR) is 67.5 cm³/mol. The van der Waals surface area contributed by atoms with Gasteiger partial charge in [0.25, 0.3) is 5.69 Å². The molecular weight excluding hydrogens is 268 g/mol. The van der Waals surface area contributed by atoms with Crippen LogP contribution in [0, 0.1) is 10.1 Å². The predicted octanol–water partition coefficient (Wildman–Crippen LogP) is 0.378. The number of nitrogens with one attached hydrogen (secondary N) is 2. The Kier molecular flexibility index (Phi) is 3.78. The summed E-state index contributed by atoms with van der Waals surface area (Å²) in [7, 11) is 0. The van der Waals surface area contributed by atoms with Crippen LogP contribution in [0.5, 0.6) is 0 Å². The summed E-state index contributed by atoms with van der Waals surface area (Å²) in [6.07, 6.45) is 2.83. The number of nitro groups is 1. The molecule has 1 heterocycles. The highest BCUT2D eigenvalue weighted by Crippen LogP contribution is 2.20. The van der Waals surface area contributed by atoms with Crippen molar-refractivity contribution in [2.24, 2.45) is 0 Å². The SMILES string of the molecule is O=C(CNc1ncc([N+](=O)[O-])cc1C(=O)O)NC1CC1. The molecule has 1 aromatic heterocycles. The molecule has 0 aliphatic heterocycles. The first-order valence-electron chi connectivity index (χ1n) is 5.88. The molecule has 0 radical (unpaired) electrons. The topological polar surface area (TPSA) is 134 Å². The van der Waals surface area contributed by atoms with Gasteiger partial charge in [0.15, 0.2) is 0 Å². The molecule has 1 saturated carbocycles. The molecule has 0 saturated heterocycles. The molecule has 9 heteroatoms. The van der Waals surface area contributed by atoms with Gasteiger partial charge in [-0.1, -0.05) is 0 Å². The Hall–Kier alpha value is -2.71. The number of hydrogen-bond donors (Lipinski definition) is 3. The monoisotopic (exact) mass is 280 g/mol. The number of carboxylic acids is 1. The number of anilines is 1. The fourth-order valence-corrected chi connectivity index (χ4v) is 1.53. The van der Waals surface area contributed by atoms with Crippen LogP contribution in [0.1, 0.15) is 23.2 Å². The Morgan fingerprint density at radius 1 is 1.50 bits per heavy atom. The maximum atomic E-state index is 11.5. The quantitative estimate of drug-likeness (QED) is 0.506. The van der Waals surface area contributed by atoms with Crippen molar-refractivity contribution in [2.45, 2.75) is 18.9 Å². The highest BCUT2D eigenvalue weighted by molar-refractivity contribution is 5.94. The molecule has 1 amide bonds. The molecule has 2 rings (SSSR count). The summed E-state index contributed by atoms with van der Waals surface area (Å²) < 4.78 is 0. The van der Waals surface area contributed by atoms with Crippen molar-refractivity contribution < 1.29 is 19.6 Å². The second kappa shape index (κ2) is 5.51. The van der Waals surface area contributed by atoms with E-state index in [1.807, 2.05) is 0 Å². The molecule has 0 aromatic carbocycles. The van der Waals surface area contributed by atoms with E-state index in [2.05, 4.69) is 15.6 Å². The maximum absolute atomic E-state index is 11.5. The minimum Gasteiger partial charge on any atom is -0.478 e. The number of aromatic carboxylic acids is 1. The molecule has 1 aliphatic carbocycles. The van der Waals surface area contributed by atoms with E-state index in [0.29, 0.717) is 0 Å². The molecule has 0 atom stereocenters. The fourth-order valence-electron chi connectivity index (χ4n) is 1.53. The van der Waals surface area contributed by atoms with E-state index in [1.165, 1.54) is 0 Å². The lowest BCUT2D eigenvalue weighted by molar-refractivity contribution is -0.385. The van der Waals surface area contributed by atoms with Crippen molar-refractivity contribution in [3.63, 3.8) is 0 Å². The number of carbonyl (C=O) groups excluding carboxylic acids is 1. The Balaban J connectivity index is 2.07. The zero-order valence-electron chi connectivity index (χ0n) is 10.3. The van der Waals surface area contributed by atoms with Crippen LogP contribution in [-0.4, -0.2) is 39.5 Å². The number of pyridine rings is 1. The molecule has 1 aromatic rings. The van der Waals surface area contributed by atoms with Gasteiger partial charge in [-0.2, -0.15) is 0 Å². The van der Waals surface area contributed by atoms with Crippen molar-refractivity contribution in [1.82, 2.24) is 10.3 Å². The zero-order valence-corrected chi connectivity index (χ0v) is 10.3. The molecule has 0 spiro atoms. The van der Waals surface area contributed by atoms with Crippen LogP contribution in [0.25, 0.3) is 0 Å². The lowest BCUT2D eigenvalue weighted by atomic mass is 10.2. The highest BCUT2D eigenvalue weighted by Gasteiger charge is 2.23. The Morgan fingerprint density at radius 3 is 2.75 bits per heavy atom. The molecule has 3 N–H and O–H groups in total. The number of amides is 1. The summed E-state index contributed by atoms with van der Waals surface area (Å²) in [6.45, 7) is -0.137. The minimum absolute atomic E-state index is 0.0750. The van der Waals surface area contributed by atoms with E-state index in [1.54, 1.807) is 0 Å². The van der Waals surface area contributed by atoms with E-state index in [4.69, 9.17) is 5.11 Å². The van der Waals surface area contributed by atoms with Crippen LogP contribution in [0.2, 0.25) is 0 Å². The first kappa shape index (κ1) is 13.7. The fraction of sp³-hybridized carbons (Fsp3) is 0.364. The van der Waals surface area contributed by atoms with Gasteiger partial charge >= 0.3 is 5.97 Å². The summed E-state index contributed by atoms with van der Waals surface area (Å²) in [6, 6.07) is 1.10. The van der Waals surface area contributed by atoms with Gasteiger partial charge in [-0.3, -0.25) is 14.9 Å². The van der Waals surface area contributed by atoms with E-state index in [9.17, 15) is 19.7 Å². The smallest absolute Gasteiger partial charge is 0.339 e. The van der Waals surface area contributed by atoms with Gasteiger partial charge in [0.05, 0.1) is 11.5 Å². The van der Waals surface area contributed by atoms with Crippen LogP contribution in [0.4, 0.5) is 11.5 Å². The summed E-state index contributed by atoms with van der Waals surface area (Å²) >= 11 is 0. The first-order valence-corrected chi connectivity index (χ1v) is 5.88. The number of rotatable bonds is 6. The van der Waals surface area contributed by atoms with Crippen LogP contribution in [0.15, 0.2) is 12.3 Å².